The second-order valence-corrected chi connectivity index (χ2v) is 6.53. The number of hydrogen-bond donors (Lipinski definition) is 0. The van der Waals surface area contributed by atoms with E-state index in [0.717, 1.165) is 11.1 Å². The molecule has 0 saturated heterocycles. The maximum atomic E-state index is 11.9. The third-order valence-electron chi connectivity index (χ3n) is 2.29. The van der Waals surface area contributed by atoms with E-state index in [9.17, 15) is 4.79 Å². The Bertz CT molecular complexity index is 553. The van der Waals surface area contributed by atoms with Crippen molar-refractivity contribution in [3.05, 3.63) is 24.3 Å². The van der Waals surface area contributed by atoms with Gasteiger partial charge in [0.05, 0.1) is 0 Å². The van der Waals surface area contributed by atoms with Gasteiger partial charge in [-0.2, -0.15) is 0 Å². The molecule has 0 aliphatic heterocycles. The van der Waals surface area contributed by atoms with E-state index in [4.69, 9.17) is 9.15 Å². The summed E-state index contributed by atoms with van der Waals surface area (Å²) >= 11 is 1.27. The van der Waals surface area contributed by atoms with E-state index >= 15 is 0 Å². The minimum absolute atomic E-state index is 0.264. The standard InChI is InChI=1S/C14H17NO3S/c1-9(12(16)18-14(2,3)4)19-13-15-10-7-5-6-8-11(10)17-13/h5-9H,1-4H3. The van der Waals surface area contributed by atoms with E-state index in [-0.39, 0.29) is 11.2 Å². The maximum absolute atomic E-state index is 11.9. The molecule has 4 nitrogen and oxygen atoms in total. The number of hydrogen-bond acceptors (Lipinski definition) is 5. The summed E-state index contributed by atoms with van der Waals surface area (Å²) in [6.45, 7) is 7.33. The molecule has 1 aromatic heterocycles. The van der Waals surface area contributed by atoms with E-state index in [0.29, 0.717) is 5.22 Å². The Morgan fingerprint density at radius 1 is 1.37 bits per heavy atom. The maximum Gasteiger partial charge on any atom is 0.319 e. The Kier molecular flexibility index (Phi) is 3.85. The fourth-order valence-electron chi connectivity index (χ4n) is 1.49. The number of rotatable bonds is 3. The molecule has 0 spiro atoms. The number of fused-ring (bicyclic) bond motifs is 1. The molecule has 0 saturated carbocycles. The van der Waals surface area contributed by atoms with Crippen LogP contribution >= 0.6 is 11.8 Å². The van der Waals surface area contributed by atoms with Crippen molar-refractivity contribution < 1.29 is 13.9 Å². The number of benzene rings is 1. The van der Waals surface area contributed by atoms with Crippen LogP contribution in [0.1, 0.15) is 27.7 Å². The van der Waals surface area contributed by atoms with Crippen molar-refractivity contribution in [1.82, 2.24) is 4.98 Å². The molecule has 1 unspecified atom stereocenters. The molecule has 0 bridgehead atoms. The summed E-state index contributed by atoms with van der Waals surface area (Å²) in [4.78, 5) is 16.2. The van der Waals surface area contributed by atoms with Crippen LogP contribution in [0, 0.1) is 0 Å². The normalized spacial score (nSPS) is 13.5. The highest BCUT2D eigenvalue weighted by Crippen LogP contribution is 2.27. The van der Waals surface area contributed by atoms with Crippen molar-refractivity contribution >= 4 is 28.8 Å². The van der Waals surface area contributed by atoms with Crippen LogP contribution in [0.15, 0.2) is 33.9 Å². The lowest BCUT2D eigenvalue weighted by Gasteiger charge is -2.21. The van der Waals surface area contributed by atoms with Crippen LogP contribution in [0.3, 0.4) is 0 Å². The van der Waals surface area contributed by atoms with Crippen molar-refractivity contribution in [2.24, 2.45) is 0 Å². The SMILES string of the molecule is CC(Sc1nc2ccccc2o1)C(=O)OC(C)(C)C. The van der Waals surface area contributed by atoms with Crippen LogP contribution in [0.2, 0.25) is 0 Å². The number of esters is 1. The van der Waals surface area contributed by atoms with Gasteiger partial charge in [-0.05, 0) is 39.8 Å². The molecule has 19 heavy (non-hydrogen) atoms. The molecule has 1 atom stereocenters. The lowest BCUT2D eigenvalue weighted by Crippen LogP contribution is -2.28. The molecule has 0 aliphatic carbocycles. The third-order valence-corrected chi connectivity index (χ3v) is 3.21. The zero-order chi connectivity index (χ0) is 14.0. The molecule has 1 heterocycles. The molecule has 0 radical (unpaired) electrons. The first-order valence-corrected chi connectivity index (χ1v) is 6.98. The topological polar surface area (TPSA) is 52.3 Å². The van der Waals surface area contributed by atoms with Crippen molar-refractivity contribution in [3.8, 4) is 0 Å². The highest BCUT2D eigenvalue weighted by molar-refractivity contribution is 8.00. The Labute approximate surface area is 116 Å². The molecule has 2 rings (SSSR count). The summed E-state index contributed by atoms with van der Waals surface area (Å²) in [6.07, 6.45) is 0. The van der Waals surface area contributed by atoms with E-state index in [1.807, 2.05) is 45.0 Å². The van der Waals surface area contributed by atoms with Gasteiger partial charge in [0.15, 0.2) is 5.58 Å². The first-order chi connectivity index (χ1) is 8.85. The second kappa shape index (κ2) is 5.25. The monoisotopic (exact) mass is 279 g/mol. The lowest BCUT2D eigenvalue weighted by molar-refractivity contribution is -0.153. The fraction of sp³-hybridized carbons (Fsp3) is 0.429. The van der Waals surface area contributed by atoms with Crippen molar-refractivity contribution in [2.45, 2.75) is 43.8 Å². The molecule has 0 N–H and O–H groups in total. The molecular formula is C14H17NO3S. The van der Waals surface area contributed by atoms with Gasteiger partial charge in [0, 0.05) is 0 Å². The quantitative estimate of drug-likeness (QED) is 0.634. The minimum atomic E-state index is -0.479. The Hall–Kier alpha value is -1.49. The highest BCUT2D eigenvalue weighted by atomic mass is 32.2. The third kappa shape index (κ3) is 3.73. The highest BCUT2D eigenvalue weighted by Gasteiger charge is 2.24. The number of aromatic nitrogens is 1. The van der Waals surface area contributed by atoms with Crippen LogP contribution in [0.5, 0.6) is 0 Å². The average molecular weight is 279 g/mol. The predicted octanol–water partition coefficient (Wildman–Crippen LogP) is 3.65. The van der Waals surface area contributed by atoms with E-state index in [2.05, 4.69) is 4.98 Å². The van der Waals surface area contributed by atoms with Gasteiger partial charge in [-0.25, -0.2) is 4.98 Å². The smallest absolute Gasteiger partial charge is 0.319 e. The summed E-state index contributed by atoms with van der Waals surface area (Å²) in [7, 11) is 0. The number of oxazole rings is 1. The Morgan fingerprint density at radius 3 is 2.68 bits per heavy atom. The first kappa shape index (κ1) is 13.9. The van der Waals surface area contributed by atoms with Crippen LogP contribution in [0.25, 0.3) is 11.1 Å². The van der Waals surface area contributed by atoms with Crippen molar-refractivity contribution in [3.63, 3.8) is 0 Å². The number of carbonyl (C=O) groups excluding carboxylic acids is 1. The largest absolute Gasteiger partial charge is 0.459 e. The van der Waals surface area contributed by atoms with Gasteiger partial charge in [-0.3, -0.25) is 4.79 Å². The molecular weight excluding hydrogens is 262 g/mol. The molecule has 0 amide bonds. The number of nitrogens with zero attached hydrogens (tertiary/aromatic N) is 1. The van der Waals surface area contributed by atoms with Crippen LogP contribution in [-0.2, 0) is 9.53 Å². The number of thioether (sulfide) groups is 1. The molecule has 0 fully saturated rings. The second-order valence-electron chi connectivity index (χ2n) is 5.24. The molecule has 5 heteroatoms. The lowest BCUT2D eigenvalue weighted by atomic mass is 10.2. The van der Waals surface area contributed by atoms with Gasteiger partial charge in [-0.15, -0.1) is 0 Å². The summed E-state index contributed by atoms with van der Waals surface area (Å²) in [5, 5.41) is 0.131. The molecule has 102 valence electrons. The summed E-state index contributed by atoms with van der Waals surface area (Å²) in [6, 6.07) is 7.52. The van der Waals surface area contributed by atoms with E-state index in [1.165, 1.54) is 11.8 Å². The van der Waals surface area contributed by atoms with Crippen molar-refractivity contribution in [1.29, 1.82) is 0 Å². The van der Waals surface area contributed by atoms with Gasteiger partial charge in [0.25, 0.3) is 5.22 Å². The fourth-order valence-corrected chi connectivity index (χ4v) is 2.22. The summed E-state index contributed by atoms with van der Waals surface area (Å²) in [5.74, 6) is -0.264. The van der Waals surface area contributed by atoms with Gasteiger partial charge < -0.3 is 9.15 Å². The predicted molar refractivity (Wildman–Crippen MR) is 75.2 cm³/mol. The van der Waals surface area contributed by atoms with E-state index < -0.39 is 5.60 Å². The van der Waals surface area contributed by atoms with E-state index in [1.54, 1.807) is 6.92 Å². The summed E-state index contributed by atoms with van der Waals surface area (Å²) < 4.78 is 10.9. The number of carbonyl (C=O) groups is 1. The zero-order valence-corrected chi connectivity index (χ0v) is 12.3. The van der Waals surface area contributed by atoms with Gasteiger partial charge in [0.1, 0.15) is 16.4 Å². The minimum Gasteiger partial charge on any atom is -0.459 e. The zero-order valence-electron chi connectivity index (χ0n) is 11.5. The Balaban J connectivity index is 2.06. The van der Waals surface area contributed by atoms with Gasteiger partial charge >= 0.3 is 5.97 Å². The molecule has 1 aromatic carbocycles. The Morgan fingerprint density at radius 2 is 2.05 bits per heavy atom. The van der Waals surface area contributed by atoms with Gasteiger partial charge in [-0.1, -0.05) is 23.9 Å². The number of ether oxygens (including phenoxy) is 1. The molecule has 0 aliphatic rings. The van der Waals surface area contributed by atoms with Crippen LogP contribution < -0.4 is 0 Å². The average Bonchev–Trinajstić information content (AvgIpc) is 2.68. The van der Waals surface area contributed by atoms with Crippen LogP contribution in [-0.4, -0.2) is 21.8 Å². The van der Waals surface area contributed by atoms with Crippen LogP contribution in [0.4, 0.5) is 0 Å². The van der Waals surface area contributed by atoms with Crippen molar-refractivity contribution in [2.75, 3.05) is 0 Å². The number of para-hydroxylation sites is 2. The summed E-state index contributed by atoms with van der Waals surface area (Å²) in [5.41, 5.74) is 1.04. The molecule has 2 aromatic rings. The first-order valence-electron chi connectivity index (χ1n) is 6.10. The van der Waals surface area contributed by atoms with Gasteiger partial charge in [0.2, 0.25) is 0 Å².